The molecule has 0 fully saturated rings. The lowest BCUT2D eigenvalue weighted by Gasteiger charge is -1.94. The molecule has 0 rings (SSSR count). The van der Waals surface area contributed by atoms with E-state index in [2.05, 4.69) is 6.92 Å². The average Bonchev–Trinajstić information content (AvgIpc) is 1.68. The normalized spacial score (nSPS) is 13.4. The number of hydrogen-bond donors (Lipinski definition) is 1. The number of carbonyl (C=O) groups excluding carboxylic acids is 1. The molecule has 1 N–H and O–H groups in total. The second-order valence-electron chi connectivity index (χ2n) is 1.35. The molecule has 0 heterocycles. The van der Waals surface area contributed by atoms with Gasteiger partial charge in [-0.1, -0.05) is 13.3 Å². The maximum atomic E-state index is 9.62. The first-order chi connectivity index (χ1) is 3.31. The molecule has 1 atom stereocenters. The van der Waals surface area contributed by atoms with E-state index in [1.165, 1.54) is 0 Å². The Bertz CT molecular complexity index is 52.0. The molecule has 0 aromatic carbocycles. The highest BCUT2D eigenvalue weighted by atomic mass is 16.3. The van der Waals surface area contributed by atoms with Gasteiger partial charge in [-0.05, 0) is 6.42 Å². The number of aliphatic hydroxyl groups is 1. The third-order valence-electron chi connectivity index (χ3n) is 0.657. The summed E-state index contributed by atoms with van der Waals surface area (Å²) in [6, 6.07) is 0. The van der Waals surface area contributed by atoms with E-state index in [0.717, 1.165) is 0 Å². The summed E-state index contributed by atoms with van der Waals surface area (Å²) in [7, 11) is 0. The van der Waals surface area contributed by atoms with Gasteiger partial charge in [-0.25, -0.2) is 0 Å². The quantitative estimate of drug-likeness (QED) is 0.514. The highest BCUT2D eigenvalue weighted by Gasteiger charge is 1.95. The summed E-state index contributed by atoms with van der Waals surface area (Å²) >= 11 is 0. The van der Waals surface area contributed by atoms with E-state index in [1.54, 1.807) is 0 Å². The van der Waals surface area contributed by atoms with E-state index >= 15 is 0 Å². The van der Waals surface area contributed by atoms with Gasteiger partial charge in [-0.3, -0.25) is 0 Å². The lowest BCUT2D eigenvalue weighted by molar-refractivity contribution is -0.115. The van der Waals surface area contributed by atoms with Crippen LogP contribution in [-0.2, 0) is 4.79 Å². The predicted molar refractivity (Wildman–Crippen MR) is 26.7 cm³/mol. The van der Waals surface area contributed by atoms with Gasteiger partial charge in [-0.15, -0.1) is 0 Å². The Balaban J connectivity index is 2.98. The Hall–Kier alpha value is -0.370. The smallest absolute Gasteiger partial charge is 0.148 e. The standard InChI is InChI=1S/C5H9O2/c1-2-3-5(7)4-6/h4-5,7H,1-3H2. The minimum atomic E-state index is -0.794. The summed E-state index contributed by atoms with van der Waals surface area (Å²) in [5.41, 5.74) is 0. The summed E-state index contributed by atoms with van der Waals surface area (Å²) in [6.45, 7) is 3.45. The fraction of sp³-hybridized carbons (Fsp3) is 0.600. The molecule has 1 radical (unpaired) electrons. The van der Waals surface area contributed by atoms with Crippen molar-refractivity contribution in [2.24, 2.45) is 0 Å². The lowest BCUT2D eigenvalue weighted by Crippen LogP contribution is -2.05. The number of aliphatic hydroxyl groups excluding tert-OH is 1. The van der Waals surface area contributed by atoms with Gasteiger partial charge in [0.15, 0.2) is 0 Å². The van der Waals surface area contributed by atoms with Gasteiger partial charge < -0.3 is 9.90 Å². The Kier molecular flexibility index (Phi) is 3.61. The molecule has 1 unspecified atom stereocenters. The zero-order chi connectivity index (χ0) is 5.70. The molecule has 2 nitrogen and oxygen atoms in total. The van der Waals surface area contributed by atoms with E-state index < -0.39 is 6.10 Å². The van der Waals surface area contributed by atoms with Gasteiger partial charge in [0.1, 0.15) is 12.4 Å². The molecular weight excluding hydrogens is 92.1 g/mol. The SMILES string of the molecule is [CH2]CCC(O)C=O. The van der Waals surface area contributed by atoms with Crippen LogP contribution in [0, 0.1) is 6.92 Å². The molecule has 2 heteroatoms. The van der Waals surface area contributed by atoms with Crippen molar-refractivity contribution in [2.45, 2.75) is 18.9 Å². The minimum absolute atomic E-state index is 0.476. The summed E-state index contributed by atoms with van der Waals surface area (Å²) in [5, 5.41) is 8.45. The van der Waals surface area contributed by atoms with Crippen molar-refractivity contribution in [2.75, 3.05) is 0 Å². The fourth-order valence-corrected chi connectivity index (χ4v) is 0.277. The van der Waals surface area contributed by atoms with Crippen molar-refractivity contribution in [3.8, 4) is 0 Å². The first kappa shape index (κ1) is 6.63. The number of aldehydes is 1. The van der Waals surface area contributed by atoms with Crippen molar-refractivity contribution in [3.63, 3.8) is 0 Å². The summed E-state index contributed by atoms with van der Waals surface area (Å²) < 4.78 is 0. The van der Waals surface area contributed by atoms with Crippen molar-refractivity contribution < 1.29 is 9.90 Å². The first-order valence-electron chi connectivity index (χ1n) is 2.24. The lowest BCUT2D eigenvalue weighted by atomic mass is 10.2. The monoisotopic (exact) mass is 101 g/mol. The molecule has 0 aromatic rings. The van der Waals surface area contributed by atoms with E-state index in [1.807, 2.05) is 0 Å². The number of hydrogen-bond acceptors (Lipinski definition) is 2. The summed E-state index contributed by atoms with van der Waals surface area (Å²) in [6.07, 6.45) is 0.812. The Morgan fingerprint density at radius 3 is 2.57 bits per heavy atom. The highest BCUT2D eigenvalue weighted by Crippen LogP contribution is 1.89. The van der Waals surface area contributed by atoms with Crippen molar-refractivity contribution in [1.29, 1.82) is 0 Å². The average molecular weight is 101 g/mol. The van der Waals surface area contributed by atoms with E-state index in [9.17, 15) is 4.79 Å². The first-order valence-corrected chi connectivity index (χ1v) is 2.24. The fourth-order valence-electron chi connectivity index (χ4n) is 0.277. The van der Waals surface area contributed by atoms with Crippen LogP contribution in [0.4, 0.5) is 0 Å². The number of rotatable bonds is 3. The largest absolute Gasteiger partial charge is 0.386 e. The topological polar surface area (TPSA) is 37.3 Å². The molecule has 0 aliphatic rings. The van der Waals surface area contributed by atoms with Gasteiger partial charge in [0.05, 0.1) is 0 Å². The van der Waals surface area contributed by atoms with Crippen molar-refractivity contribution >= 4 is 6.29 Å². The van der Waals surface area contributed by atoms with E-state index in [4.69, 9.17) is 5.11 Å². The minimum Gasteiger partial charge on any atom is -0.386 e. The van der Waals surface area contributed by atoms with Crippen LogP contribution in [0.15, 0.2) is 0 Å². The molecule has 0 saturated heterocycles. The zero-order valence-corrected chi connectivity index (χ0v) is 4.13. The zero-order valence-electron chi connectivity index (χ0n) is 4.13. The molecule has 0 aliphatic carbocycles. The van der Waals surface area contributed by atoms with Crippen molar-refractivity contribution in [3.05, 3.63) is 6.92 Å². The third kappa shape index (κ3) is 3.46. The van der Waals surface area contributed by atoms with Crippen LogP contribution in [0.3, 0.4) is 0 Å². The molecule has 41 valence electrons. The van der Waals surface area contributed by atoms with Crippen LogP contribution in [-0.4, -0.2) is 17.5 Å². The Labute approximate surface area is 43.2 Å². The van der Waals surface area contributed by atoms with Crippen LogP contribution in [0.25, 0.3) is 0 Å². The molecule has 0 aromatic heterocycles. The maximum absolute atomic E-state index is 9.62. The number of carbonyl (C=O) groups is 1. The predicted octanol–water partition coefficient (Wildman–Crippen LogP) is 0.160. The highest BCUT2D eigenvalue weighted by molar-refractivity contribution is 5.55. The third-order valence-corrected chi connectivity index (χ3v) is 0.657. The Morgan fingerprint density at radius 2 is 2.43 bits per heavy atom. The van der Waals surface area contributed by atoms with Crippen LogP contribution < -0.4 is 0 Å². The van der Waals surface area contributed by atoms with Crippen molar-refractivity contribution in [1.82, 2.24) is 0 Å². The molecule has 0 aliphatic heterocycles. The molecule has 0 spiro atoms. The van der Waals surface area contributed by atoms with Gasteiger partial charge in [0.2, 0.25) is 0 Å². The van der Waals surface area contributed by atoms with Crippen LogP contribution in [0.1, 0.15) is 12.8 Å². The molecule has 7 heavy (non-hydrogen) atoms. The van der Waals surface area contributed by atoms with Crippen LogP contribution in [0.5, 0.6) is 0 Å². The van der Waals surface area contributed by atoms with E-state index in [0.29, 0.717) is 19.1 Å². The molecule has 0 bridgehead atoms. The van der Waals surface area contributed by atoms with Gasteiger partial charge >= 0.3 is 0 Å². The van der Waals surface area contributed by atoms with Gasteiger partial charge in [0, 0.05) is 0 Å². The molecular formula is C5H9O2. The van der Waals surface area contributed by atoms with Gasteiger partial charge in [0.25, 0.3) is 0 Å². The maximum Gasteiger partial charge on any atom is 0.148 e. The molecule has 0 amide bonds. The van der Waals surface area contributed by atoms with Crippen LogP contribution in [0.2, 0.25) is 0 Å². The van der Waals surface area contributed by atoms with E-state index in [-0.39, 0.29) is 0 Å². The summed E-state index contributed by atoms with van der Waals surface area (Å²) in [4.78, 5) is 9.62. The van der Waals surface area contributed by atoms with Crippen LogP contribution >= 0.6 is 0 Å². The van der Waals surface area contributed by atoms with Gasteiger partial charge in [-0.2, -0.15) is 0 Å². The second-order valence-corrected chi connectivity index (χ2v) is 1.35. The molecule has 0 saturated carbocycles. The Morgan fingerprint density at radius 1 is 1.86 bits per heavy atom. The summed E-state index contributed by atoms with van der Waals surface area (Å²) in [5.74, 6) is 0. The second kappa shape index (κ2) is 3.81.